The first-order valence-corrected chi connectivity index (χ1v) is 9.15. The number of thioether (sulfide) groups is 1. The number of para-hydroxylation sites is 1. The molecule has 0 fully saturated rings. The molecule has 2 heterocycles. The van der Waals surface area contributed by atoms with Crippen molar-refractivity contribution >= 4 is 22.7 Å². The lowest BCUT2D eigenvalue weighted by molar-refractivity contribution is -0.424. The summed E-state index contributed by atoms with van der Waals surface area (Å²) in [6.07, 6.45) is 9.30. The fourth-order valence-electron chi connectivity index (χ4n) is 2.94. The molecular formula is C20H22N2O2S. The highest BCUT2D eigenvalue weighted by Crippen LogP contribution is 2.44. The van der Waals surface area contributed by atoms with Crippen molar-refractivity contribution in [1.29, 1.82) is 0 Å². The van der Waals surface area contributed by atoms with Crippen molar-refractivity contribution in [1.82, 2.24) is 4.98 Å². The van der Waals surface area contributed by atoms with E-state index in [0.29, 0.717) is 0 Å². The standard InChI is InChI=1S/C17H18N2O2S.C3H4/c1-3-12(10-11(2)19(20)21)17-16-14(8-9-22-17)13-6-4-5-7-15(13)18-16;1-3-2/h3-7,10,17-18H,8-9H2,1-2H3;1H,2H3/b11-10+,12-3+;. The molecule has 0 amide bonds. The van der Waals surface area contributed by atoms with Crippen LogP contribution in [0.25, 0.3) is 10.9 Å². The Balaban J connectivity index is 0.000000701. The Morgan fingerprint density at radius 2 is 2.16 bits per heavy atom. The zero-order valence-corrected chi connectivity index (χ0v) is 15.5. The van der Waals surface area contributed by atoms with Crippen LogP contribution in [0.4, 0.5) is 0 Å². The summed E-state index contributed by atoms with van der Waals surface area (Å²) < 4.78 is 0. The fourth-order valence-corrected chi connectivity index (χ4v) is 4.27. The zero-order chi connectivity index (χ0) is 18.4. The SMILES string of the molecule is C#CC.C/C=C(\C=C(/C)[N+](=O)[O-])C1SCCc2c1[nH]c1ccccc21. The summed E-state index contributed by atoms with van der Waals surface area (Å²) in [5.74, 6) is 3.28. The van der Waals surface area contributed by atoms with E-state index in [4.69, 9.17) is 0 Å². The van der Waals surface area contributed by atoms with Gasteiger partial charge in [-0.15, -0.1) is 24.1 Å². The quantitative estimate of drug-likeness (QED) is 0.354. The number of fused-ring (bicyclic) bond motifs is 3. The molecule has 1 aliphatic heterocycles. The highest BCUT2D eigenvalue weighted by atomic mass is 32.2. The number of terminal acetylenes is 1. The third kappa shape index (κ3) is 4.15. The van der Waals surface area contributed by atoms with Crippen LogP contribution in [0.1, 0.15) is 37.3 Å². The number of rotatable bonds is 3. The molecule has 0 bridgehead atoms. The molecule has 1 unspecified atom stereocenters. The van der Waals surface area contributed by atoms with Gasteiger partial charge in [0.1, 0.15) is 0 Å². The Kier molecular flexibility index (Phi) is 6.49. The molecule has 4 nitrogen and oxygen atoms in total. The van der Waals surface area contributed by atoms with E-state index in [1.807, 2.05) is 30.8 Å². The minimum absolute atomic E-state index is 0.135. The third-order valence-corrected chi connectivity index (χ3v) is 5.33. The molecule has 0 saturated heterocycles. The largest absolute Gasteiger partial charge is 0.357 e. The third-order valence-electron chi connectivity index (χ3n) is 4.05. The number of hydrogen-bond acceptors (Lipinski definition) is 3. The van der Waals surface area contributed by atoms with Crippen molar-refractivity contribution in [2.24, 2.45) is 0 Å². The smallest absolute Gasteiger partial charge is 0.243 e. The Morgan fingerprint density at radius 1 is 1.48 bits per heavy atom. The number of nitrogens with zero attached hydrogens (tertiary/aromatic N) is 1. The summed E-state index contributed by atoms with van der Waals surface area (Å²) >= 11 is 1.84. The molecular weight excluding hydrogens is 332 g/mol. The van der Waals surface area contributed by atoms with E-state index in [1.165, 1.54) is 16.6 Å². The van der Waals surface area contributed by atoms with Gasteiger partial charge in [-0.25, -0.2) is 0 Å². The normalized spacial score (nSPS) is 17.3. The highest BCUT2D eigenvalue weighted by molar-refractivity contribution is 7.99. The molecule has 1 atom stereocenters. The van der Waals surface area contributed by atoms with Crippen LogP contribution in [-0.2, 0) is 6.42 Å². The zero-order valence-electron chi connectivity index (χ0n) is 14.7. The van der Waals surface area contributed by atoms with Crippen molar-refractivity contribution < 1.29 is 4.92 Å². The van der Waals surface area contributed by atoms with Gasteiger partial charge in [0.05, 0.1) is 10.2 Å². The van der Waals surface area contributed by atoms with E-state index >= 15 is 0 Å². The van der Waals surface area contributed by atoms with Gasteiger partial charge in [-0.1, -0.05) is 24.3 Å². The van der Waals surface area contributed by atoms with Gasteiger partial charge >= 0.3 is 0 Å². The van der Waals surface area contributed by atoms with Gasteiger partial charge in [0.25, 0.3) is 0 Å². The van der Waals surface area contributed by atoms with Gasteiger partial charge in [0.2, 0.25) is 5.70 Å². The summed E-state index contributed by atoms with van der Waals surface area (Å²) in [5.41, 5.74) is 4.86. The Hall–Kier alpha value is -2.45. The summed E-state index contributed by atoms with van der Waals surface area (Å²) in [7, 11) is 0. The molecule has 2 aromatic rings. The molecule has 25 heavy (non-hydrogen) atoms. The maximum absolute atomic E-state index is 10.9. The molecule has 0 spiro atoms. The Morgan fingerprint density at radius 3 is 2.80 bits per heavy atom. The molecule has 1 aliphatic rings. The predicted octanol–water partition coefficient (Wildman–Crippen LogP) is 5.26. The van der Waals surface area contributed by atoms with Crippen LogP contribution in [0.5, 0.6) is 0 Å². The van der Waals surface area contributed by atoms with Crippen molar-refractivity contribution in [3.05, 3.63) is 69.1 Å². The lowest BCUT2D eigenvalue weighted by Crippen LogP contribution is -2.09. The van der Waals surface area contributed by atoms with E-state index in [-0.39, 0.29) is 15.9 Å². The molecule has 0 aliphatic carbocycles. The van der Waals surface area contributed by atoms with E-state index in [0.717, 1.165) is 23.3 Å². The summed E-state index contributed by atoms with van der Waals surface area (Å²) in [4.78, 5) is 14.1. The average Bonchev–Trinajstić information content (AvgIpc) is 2.99. The second-order valence-corrected chi connectivity index (χ2v) is 6.90. The fraction of sp³-hybridized carbons (Fsp3) is 0.300. The van der Waals surface area contributed by atoms with Gasteiger partial charge in [0.15, 0.2) is 0 Å². The summed E-state index contributed by atoms with van der Waals surface area (Å²) in [6, 6.07) is 8.31. The monoisotopic (exact) mass is 354 g/mol. The number of aromatic nitrogens is 1. The van der Waals surface area contributed by atoms with Crippen LogP contribution in [0.15, 0.2) is 47.7 Å². The minimum atomic E-state index is -0.330. The molecule has 1 aromatic heterocycles. The first-order chi connectivity index (χ1) is 12.0. The molecule has 3 rings (SSSR count). The van der Waals surface area contributed by atoms with Gasteiger partial charge in [-0.05, 0) is 43.2 Å². The number of benzene rings is 1. The number of nitro groups is 1. The number of nitrogens with one attached hydrogen (secondary N) is 1. The maximum atomic E-state index is 10.9. The molecule has 0 saturated carbocycles. The van der Waals surface area contributed by atoms with Gasteiger partial charge in [-0.2, -0.15) is 0 Å². The molecule has 130 valence electrons. The van der Waals surface area contributed by atoms with Crippen molar-refractivity contribution in [3.8, 4) is 12.3 Å². The second kappa shape index (κ2) is 8.59. The van der Waals surface area contributed by atoms with Crippen LogP contribution in [0.3, 0.4) is 0 Å². The topological polar surface area (TPSA) is 58.9 Å². The molecule has 5 heteroatoms. The average molecular weight is 354 g/mol. The highest BCUT2D eigenvalue weighted by Gasteiger charge is 2.27. The summed E-state index contributed by atoms with van der Waals surface area (Å²) in [6.45, 7) is 5.14. The maximum Gasteiger partial charge on any atom is 0.243 e. The lowest BCUT2D eigenvalue weighted by Gasteiger charge is -2.23. The lowest BCUT2D eigenvalue weighted by atomic mass is 10.0. The molecule has 0 radical (unpaired) electrons. The van der Waals surface area contributed by atoms with Crippen molar-refractivity contribution in [3.63, 3.8) is 0 Å². The predicted molar refractivity (Wildman–Crippen MR) is 106 cm³/mol. The van der Waals surface area contributed by atoms with E-state index in [2.05, 4.69) is 35.5 Å². The second-order valence-electron chi connectivity index (χ2n) is 5.68. The number of H-pyrrole nitrogens is 1. The van der Waals surface area contributed by atoms with Crippen LogP contribution in [0.2, 0.25) is 0 Å². The van der Waals surface area contributed by atoms with Crippen molar-refractivity contribution in [2.45, 2.75) is 32.4 Å². The van der Waals surface area contributed by atoms with Gasteiger partial charge in [-0.3, -0.25) is 10.1 Å². The number of aromatic amines is 1. The van der Waals surface area contributed by atoms with Gasteiger partial charge in [0, 0.05) is 29.6 Å². The van der Waals surface area contributed by atoms with E-state index < -0.39 is 0 Å². The number of hydrogen-bond donors (Lipinski definition) is 1. The van der Waals surface area contributed by atoms with Crippen LogP contribution in [0, 0.1) is 22.5 Å². The number of aryl methyl sites for hydroxylation is 1. The molecule has 1 N–H and O–H groups in total. The Bertz CT molecular complexity index is 871. The van der Waals surface area contributed by atoms with Crippen molar-refractivity contribution in [2.75, 3.05) is 5.75 Å². The van der Waals surface area contributed by atoms with Gasteiger partial charge < -0.3 is 4.98 Å². The minimum Gasteiger partial charge on any atom is -0.357 e. The van der Waals surface area contributed by atoms with E-state index in [1.54, 1.807) is 19.9 Å². The first-order valence-electron chi connectivity index (χ1n) is 8.10. The van der Waals surface area contributed by atoms with Crippen LogP contribution >= 0.6 is 11.8 Å². The first kappa shape index (κ1) is 18.9. The van der Waals surface area contributed by atoms with Crippen LogP contribution < -0.4 is 0 Å². The Labute approximate surface area is 152 Å². The number of allylic oxidation sites excluding steroid dienone is 3. The van der Waals surface area contributed by atoms with Crippen LogP contribution in [-0.4, -0.2) is 15.7 Å². The summed E-state index contributed by atoms with van der Waals surface area (Å²) in [5, 5.41) is 12.3. The van der Waals surface area contributed by atoms with E-state index in [9.17, 15) is 10.1 Å². The molecule has 1 aromatic carbocycles.